The number of carbonyl (C=O) groups excluding carboxylic acids is 1. The molecule has 0 unspecified atom stereocenters. The number of ether oxygens (including phenoxy) is 1. The van der Waals surface area contributed by atoms with Gasteiger partial charge < -0.3 is 15.4 Å². The Labute approximate surface area is 109 Å². The standard InChI is InChI=1S/C14H22N2O2/c1-3-18-14(17)7-8-16(2)11-13-6-4-5-12(9-13)10-15/h4-6,9H,3,7-8,10-11,15H2,1-2H3. The van der Waals surface area contributed by atoms with Gasteiger partial charge in [-0.3, -0.25) is 4.79 Å². The minimum atomic E-state index is -0.139. The van der Waals surface area contributed by atoms with E-state index in [-0.39, 0.29) is 5.97 Å². The number of hydrogen-bond donors (Lipinski definition) is 1. The normalized spacial score (nSPS) is 10.7. The molecule has 100 valence electrons. The van der Waals surface area contributed by atoms with Gasteiger partial charge in [0.25, 0.3) is 0 Å². The summed E-state index contributed by atoms with van der Waals surface area (Å²) >= 11 is 0. The Morgan fingerprint density at radius 3 is 2.78 bits per heavy atom. The molecule has 1 rings (SSSR count). The summed E-state index contributed by atoms with van der Waals surface area (Å²) < 4.78 is 4.90. The van der Waals surface area contributed by atoms with E-state index >= 15 is 0 Å². The average molecular weight is 250 g/mol. The minimum absolute atomic E-state index is 0.139. The summed E-state index contributed by atoms with van der Waals surface area (Å²) in [5.74, 6) is -0.139. The maximum absolute atomic E-state index is 11.2. The van der Waals surface area contributed by atoms with Gasteiger partial charge in [-0.05, 0) is 25.1 Å². The number of hydrogen-bond acceptors (Lipinski definition) is 4. The van der Waals surface area contributed by atoms with Crippen LogP contribution in [0.2, 0.25) is 0 Å². The van der Waals surface area contributed by atoms with Crippen molar-refractivity contribution >= 4 is 5.97 Å². The van der Waals surface area contributed by atoms with Gasteiger partial charge in [0.15, 0.2) is 0 Å². The monoisotopic (exact) mass is 250 g/mol. The Morgan fingerprint density at radius 2 is 2.11 bits per heavy atom. The molecule has 0 fully saturated rings. The second kappa shape index (κ2) is 7.84. The van der Waals surface area contributed by atoms with E-state index in [2.05, 4.69) is 17.0 Å². The van der Waals surface area contributed by atoms with E-state index in [0.29, 0.717) is 26.1 Å². The van der Waals surface area contributed by atoms with Crippen molar-refractivity contribution in [2.24, 2.45) is 5.73 Å². The van der Waals surface area contributed by atoms with E-state index in [1.54, 1.807) is 0 Å². The summed E-state index contributed by atoms with van der Waals surface area (Å²) in [6.07, 6.45) is 0.431. The van der Waals surface area contributed by atoms with Gasteiger partial charge in [0.05, 0.1) is 13.0 Å². The summed E-state index contributed by atoms with van der Waals surface area (Å²) in [6.45, 7) is 4.33. The average Bonchev–Trinajstić information content (AvgIpc) is 2.37. The summed E-state index contributed by atoms with van der Waals surface area (Å²) in [7, 11) is 1.99. The zero-order valence-corrected chi connectivity index (χ0v) is 11.2. The summed E-state index contributed by atoms with van der Waals surface area (Å²) in [5.41, 5.74) is 7.95. The van der Waals surface area contributed by atoms with Crippen LogP contribution >= 0.6 is 0 Å². The highest BCUT2D eigenvalue weighted by molar-refractivity contribution is 5.69. The van der Waals surface area contributed by atoms with Gasteiger partial charge in [0, 0.05) is 19.6 Å². The van der Waals surface area contributed by atoms with E-state index in [1.807, 2.05) is 26.1 Å². The highest BCUT2D eigenvalue weighted by atomic mass is 16.5. The third-order valence-corrected chi connectivity index (χ3v) is 2.68. The second-order valence-electron chi connectivity index (χ2n) is 4.32. The third kappa shape index (κ3) is 5.29. The molecule has 1 aromatic rings. The van der Waals surface area contributed by atoms with Gasteiger partial charge in [0.1, 0.15) is 0 Å². The number of nitrogens with zero attached hydrogens (tertiary/aromatic N) is 1. The molecule has 4 nitrogen and oxygen atoms in total. The zero-order valence-electron chi connectivity index (χ0n) is 11.2. The number of carbonyl (C=O) groups is 1. The fourth-order valence-corrected chi connectivity index (χ4v) is 1.76. The maximum atomic E-state index is 11.2. The Kier molecular flexibility index (Phi) is 6.39. The van der Waals surface area contributed by atoms with Gasteiger partial charge >= 0.3 is 5.97 Å². The summed E-state index contributed by atoms with van der Waals surface area (Å²) in [5, 5.41) is 0. The predicted octanol–water partition coefficient (Wildman–Crippen LogP) is 1.53. The molecule has 0 heterocycles. The van der Waals surface area contributed by atoms with Crippen LogP contribution in [0.25, 0.3) is 0 Å². The zero-order chi connectivity index (χ0) is 13.4. The smallest absolute Gasteiger partial charge is 0.307 e. The second-order valence-corrected chi connectivity index (χ2v) is 4.32. The van der Waals surface area contributed by atoms with Gasteiger partial charge in [-0.15, -0.1) is 0 Å². The third-order valence-electron chi connectivity index (χ3n) is 2.68. The molecule has 1 aromatic carbocycles. The van der Waals surface area contributed by atoms with Gasteiger partial charge in [-0.25, -0.2) is 0 Å². The SMILES string of the molecule is CCOC(=O)CCN(C)Cc1cccc(CN)c1. The van der Waals surface area contributed by atoms with Crippen LogP contribution in [0.4, 0.5) is 0 Å². The first kappa shape index (κ1) is 14.7. The number of rotatable bonds is 7. The van der Waals surface area contributed by atoms with E-state index in [0.717, 1.165) is 12.1 Å². The van der Waals surface area contributed by atoms with E-state index < -0.39 is 0 Å². The van der Waals surface area contributed by atoms with Crippen LogP contribution in [0.1, 0.15) is 24.5 Å². The molecule has 0 saturated carbocycles. The van der Waals surface area contributed by atoms with Crippen LogP contribution < -0.4 is 5.73 Å². The Balaban J connectivity index is 2.39. The van der Waals surface area contributed by atoms with Crippen LogP contribution in [0, 0.1) is 0 Å². The van der Waals surface area contributed by atoms with Crippen molar-refractivity contribution in [1.29, 1.82) is 0 Å². The molecule has 18 heavy (non-hydrogen) atoms. The molecule has 0 aliphatic carbocycles. The van der Waals surface area contributed by atoms with Crippen LogP contribution in [0.15, 0.2) is 24.3 Å². The Bertz CT molecular complexity index is 380. The topological polar surface area (TPSA) is 55.6 Å². The molecule has 0 bridgehead atoms. The van der Waals surface area contributed by atoms with Gasteiger partial charge in [-0.2, -0.15) is 0 Å². The van der Waals surface area contributed by atoms with E-state index in [1.165, 1.54) is 5.56 Å². The lowest BCUT2D eigenvalue weighted by Gasteiger charge is -2.16. The molecule has 0 saturated heterocycles. The van der Waals surface area contributed by atoms with Crippen LogP contribution in [-0.2, 0) is 22.6 Å². The molecule has 0 radical (unpaired) electrons. The molecule has 0 aliphatic heterocycles. The Hall–Kier alpha value is -1.39. The first-order chi connectivity index (χ1) is 8.65. The minimum Gasteiger partial charge on any atom is -0.466 e. The van der Waals surface area contributed by atoms with Gasteiger partial charge in [-0.1, -0.05) is 24.3 Å². The first-order valence-corrected chi connectivity index (χ1v) is 6.27. The van der Waals surface area contributed by atoms with Crippen LogP contribution in [0.5, 0.6) is 0 Å². The molecular weight excluding hydrogens is 228 g/mol. The van der Waals surface area contributed by atoms with Gasteiger partial charge in [0.2, 0.25) is 0 Å². The fourth-order valence-electron chi connectivity index (χ4n) is 1.76. The quantitative estimate of drug-likeness (QED) is 0.746. The molecule has 0 aromatic heterocycles. The van der Waals surface area contributed by atoms with Crippen molar-refractivity contribution < 1.29 is 9.53 Å². The molecule has 2 N–H and O–H groups in total. The molecule has 4 heteroatoms. The Morgan fingerprint density at radius 1 is 1.39 bits per heavy atom. The number of nitrogens with two attached hydrogens (primary N) is 1. The predicted molar refractivity (Wildman–Crippen MR) is 71.9 cm³/mol. The van der Waals surface area contributed by atoms with Crippen molar-refractivity contribution in [2.75, 3.05) is 20.2 Å². The van der Waals surface area contributed by atoms with Crippen molar-refractivity contribution in [2.45, 2.75) is 26.4 Å². The molecular formula is C14H22N2O2. The van der Waals surface area contributed by atoms with E-state index in [4.69, 9.17) is 10.5 Å². The molecule has 0 spiro atoms. The van der Waals surface area contributed by atoms with Crippen molar-refractivity contribution in [3.63, 3.8) is 0 Å². The number of benzene rings is 1. The lowest BCUT2D eigenvalue weighted by Crippen LogP contribution is -2.22. The van der Waals surface area contributed by atoms with Crippen LogP contribution in [-0.4, -0.2) is 31.1 Å². The maximum Gasteiger partial charge on any atom is 0.307 e. The first-order valence-electron chi connectivity index (χ1n) is 6.27. The lowest BCUT2D eigenvalue weighted by molar-refractivity contribution is -0.143. The highest BCUT2D eigenvalue weighted by Gasteiger charge is 2.05. The van der Waals surface area contributed by atoms with E-state index in [9.17, 15) is 4.79 Å². The highest BCUT2D eigenvalue weighted by Crippen LogP contribution is 2.07. The van der Waals surface area contributed by atoms with Crippen molar-refractivity contribution in [1.82, 2.24) is 4.90 Å². The van der Waals surface area contributed by atoms with Crippen LogP contribution in [0.3, 0.4) is 0 Å². The van der Waals surface area contributed by atoms with Crippen molar-refractivity contribution in [3.05, 3.63) is 35.4 Å². The summed E-state index contributed by atoms with van der Waals surface area (Å²) in [4.78, 5) is 13.3. The number of esters is 1. The molecule has 0 amide bonds. The molecule has 0 aliphatic rings. The fraction of sp³-hybridized carbons (Fsp3) is 0.500. The summed E-state index contributed by atoms with van der Waals surface area (Å²) in [6, 6.07) is 8.19. The largest absolute Gasteiger partial charge is 0.466 e. The van der Waals surface area contributed by atoms with Crippen molar-refractivity contribution in [3.8, 4) is 0 Å². The molecule has 0 atom stereocenters. The lowest BCUT2D eigenvalue weighted by atomic mass is 10.1.